The number of aliphatic carboxylic acids is 1. The first-order chi connectivity index (χ1) is 9.91. The van der Waals surface area contributed by atoms with Crippen LogP contribution in [-0.4, -0.2) is 32.5 Å². The molecule has 0 saturated heterocycles. The Bertz CT molecular complexity index is 540. The van der Waals surface area contributed by atoms with E-state index in [2.05, 4.69) is 0 Å². The van der Waals surface area contributed by atoms with Crippen LogP contribution in [0, 0.1) is 16.0 Å². The van der Waals surface area contributed by atoms with Crippen molar-refractivity contribution < 1.29 is 19.9 Å². The first kappa shape index (κ1) is 15.8. The van der Waals surface area contributed by atoms with Crippen molar-refractivity contribution in [1.29, 1.82) is 0 Å². The summed E-state index contributed by atoms with van der Waals surface area (Å²) in [6.07, 6.45) is 1.72. The SMILES string of the molecule is O=C(O)C1CCC(O)(CSc2ccccc2[N+](=O)[O-])CC1. The molecule has 1 aromatic carbocycles. The lowest BCUT2D eigenvalue weighted by atomic mass is 9.80. The molecule has 0 radical (unpaired) electrons. The second kappa shape index (κ2) is 6.44. The Hall–Kier alpha value is -1.60. The zero-order valence-corrected chi connectivity index (χ0v) is 12.2. The lowest BCUT2D eigenvalue weighted by Gasteiger charge is -2.34. The minimum Gasteiger partial charge on any atom is -0.481 e. The number of carboxylic acids is 1. The monoisotopic (exact) mass is 311 g/mol. The van der Waals surface area contributed by atoms with E-state index >= 15 is 0 Å². The molecule has 2 rings (SSSR count). The van der Waals surface area contributed by atoms with Crippen molar-refractivity contribution in [2.75, 3.05) is 5.75 Å². The molecular formula is C14H17NO5S. The third-order valence-corrected chi connectivity index (χ3v) is 5.16. The van der Waals surface area contributed by atoms with Crippen molar-refractivity contribution in [3.63, 3.8) is 0 Å². The third-order valence-electron chi connectivity index (χ3n) is 3.82. The van der Waals surface area contributed by atoms with Gasteiger partial charge in [-0.1, -0.05) is 12.1 Å². The van der Waals surface area contributed by atoms with Gasteiger partial charge in [-0.05, 0) is 31.7 Å². The smallest absolute Gasteiger partial charge is 0.306 e. The maximum Gasteiger partial charge on any atom is 0.306 e. The maximum atomic E-state index is 10.9. The van der Waals surface area contributed by atoms with E-state index in [-0.39, 0.29) is 11.6 Å². The molecular weight excluding hydrogens is 294 g/mol. The summed E-state index contributed by atoms with van der Waals surface area (Å²) in [5.41, 5.74) is -0.911. The molecule has 0 bridgehead atoms. The van der Waals surface area contributed by atoms with Crippen molar-refractivity contribution in [2.24, 2.45) is 5.92 Å². The predicted molar refractivity (Wildman–Crippen MR) is 78.4 cm³/mol. The molecule has 21 heavy (non-hydrogen) atoms. The highest BCUT2D eigenvalue weighted by atomic mass is 32.2. The van der Waals surface area contributed by atoms with Crippen molar-refractivity contribution in [1.82, 2.24) is 0 Å². The van der Waals surface area contributed by atoms with E-state index in [1.807, 2.05) is 0 Å². The molecule has 1 aliphatic rings. The maximum absolute atomic E-state index is 10.9. The van der Waals surface area contributed by atoms with E-state index in [0.717, 1.165) is 0 Å². The summed E-state index contributed by atoms with van der Waals surface area (Å²) in [5.74, 6) is -0.866. The van der Waals surface area contributed by atoms with Crippen LogP contribution in [0.25, 0.3) is 0 Å². The molecule has 1 saturated carbocycles. The van der Waals surface area contributed by atoms with Crippen LogP contribution in [0.5, 0.6) is 0 Å². The van der Waals surface area contributed by atoms with Gasteiger partial charge >= 0.3 is 5.97 Å². The molecule has 0 amide bonds. The molecule has 1 aliphatic carbocycles. The first-order valence-corrected chi connectivity index (χ1v) is 7.71. The summed E-state index contributed by atoms with van der Waals surface area (Å²) in [7, 11) is 0. The number of thioether (sulfide) groups is 1. The Labute approximate surface area is 126 Å². The molecule has 0 aromatic heterocycles. The van der Waals surface area contributed by atoms with Gasteiger partial charge in [0.05, 0.1) is 21.3 Å². The van der Waals surface area contributed by atoms with Crippen LogP contribution in [-0.2, 0) is 4.79 Å². The largest absolute Gasteiger partial charge is 0.481 e. The zero-order valence-electron chi connectivity index (χ0n) is 11.4. The quantitative estimate of drug-likeness (QED) is 0.492. The number of aliphatic hydroxyl groups is 1. The van der Waals surface area contributed by atoms with Gasteiger partial charge in [0.1, 0.15) is 0 Å². The molecule has 6 nitrogen and oxygen atoms in total. The van der Waals surface area contributed by atoms with Crippen LogP contribution >= 0.6 is 11.8 Å². The van der Waals surface area contributed by atoms with E-state index in [1.54, 1.807) is 18.2 Å². The number of para-hydroxylation sites is 1. The van der Waals surface area contributed by atoms with Gasteiger partial charge in [0.25, 0.3) is 5.69 Å². The molecule has 1 aromatic rings. The summed E-state index contributed by atoms with van der Waals surface area (Å²) in [6.45, 7) is 0. The second-order valence-corrected chi connectivity index (χ2v) is 6.37. The molecule has 7 heteroatoms. The third kappa shape index (κ3) is 3.95. The minimum absolute atomic E-state index is 0.0327. The Morgan fingerprint density at radius 3 is 2.57 bits per heavy atom. The molecule has 1 fully saturated rings. The second-order valence-electron chi connectivity index (χ2n) is 5.35. The lowest BCUT2D eigenvalue weighted by molar-refractivity contribution is -0.387. The fourth-order valence-corrected chi connectivity index (χ4v) is 3.67. The molecule has 0 spiro atoms. The summed E-state index contributed by atoms with van der Waals surface area (Å²) >= 11 is 1.25. The van der Waals surface area contributed by atoms with Crippen molar-refractivity contribution in [3.05, 3.63) is 34.4 Å². The van der Waals surface area contributed by atoms with Crippen molar-refractivity contribution in [2.45, 2.75) is 36.2 Å². The number of carbonyl (C=O) groups is 1. The number of hydrogen-bond donors (Lipinski definition) is 2. The predicted octanol–water partition coefficient (Wildman–Crippen LogP) is 2.69. The standard InChI is InChI=1S/C14H17NO5S/c16-13(17)10-5-7-14(18,8-6-10)9-21-12-4-2-1-3-11(12)15(19)20/h1-4,10,18H,5-9H2,(H,16,17). The van der Waals surface area contributed by atoms with Crippen LogP contribution in [0.2, 0.25) is 0 Å². The fourth-order valence-electron chi connectivity index (χ4n) is 2.49. The van der Waals surface area contributed by atoms with E-state index in [0.29, 0.717) is 36.3 Å². The topological polar surface area (TPSA) is 101 Å². The van der Waals surface area contributed by atoms with Gasteiger partial charge in [-0.15, -0.1) is 11.8 Å². The highest BCUT2D eigenvalue weighted by molar-refractivity contribution is 7.99. The first-order valence-electron chi connectivity index (χ1n) is 6.73. The van der Waals surface area contributed by atoms with Crippen LogP contribution in [0.1, 0.15) is 25.7 Å². The van der Waals surface area contributed by atoms with E-state index in [4.69, 9.17) is 5.11 Å². The van der Waals surface area contributed by atoms with Crippen molar-refractivity contribution in [3.8, 4) is 0 Å². The normalized spacial score (nSPS) is 25.5. The molecule has 0 heterocycles. The minimum atomic E-state index is -0.944. The number of hydrogen-bond acceptors (Lipinski definition) is 5. The van der Waals surface area contributed by atoms with Gasteiger partial charge in [0.2, 0.25) is 0 Å². The van der Waals surface area contributed by atoms with Gasteiger partial charge < -0.3 is 10.2 Å². The summed E-state index contributed by atoms with van der Waals surface area (Å²) in [5, 5.41) is 30.4. The van der Waals surface area contributed by atoms with E-state index in [1.165, 1.54) is 17.8 Å². The van der Waals surface area contributed by atoms with Crippen LogP contribution in [0.3, 0.4) is 0 Å². The Kier molecular flexibility index (Phi) is 4.84. The highest BCUT2D eigenvalue weighted by Crippen LogP contribution is 2.38. The zero-order chi connectivity index (χ0) is 15.5. The summed E-state index contributed by atoms with van der Waals surface area (Å²) in [6, 6.07) is 6.43. The fraction of sp³-hybridized carbons (Fsp3) is 0.500. The van der Waals surface area contributed by atoms with E-state index in [9.17, 15) is 20.0 Å². The number of nitrogens with zero attached hydrogens (tertiary/aromatic N) is 1. The molecule has 2 N–H and O–H groups in total. The molecule has 0 atom stereocenters. The van der Waals surface area contributed by atoms with Gasteiger partial charge in [-0.25, -0.2) is 0 Å². The van der Waals surface area contributed by atoms with Crippen LogP contribution < -0.4 is 0 Å². The van der Waals surface area contributed by atoms with Gasteiger partial charge in [-0.3, -0.25) is 14.9 Å². The molecule has 0 unspecified atom stereocenters. The van der Waals surface area contributed by atoms with Gasteiger partial charge in [-0.2, -0.15) is 0 Å². The van der Waals surface area contributed by atoms with Gasteiger partial charge in [0.15, 0.2) is 0 Å². The van der Waals surface area contributed by atoms with Crippen LogP contribution in [0.15, 0.2) is 29.2 Å². The molecule has 114 valence electrons. The Morgan fingerprint density at radius 1 is 1.38 bits per heavy atom. The number of rotatable bonds is 5. The summed E-state index contributed by atoms with van der Waals surface area (Å²) < 4.78 is 0. The Balaban J connectivity index is 1.97. The number of benzene rings is 1. The number of nitro benzene ring substituents is 1. The highest BCUT2D eigenvalue weighted by Gasteiger charge is 2.36. The Morgan fingerprint density at radius 2 is 2.00 bits per heavy atom. The van der Waals surface area contributed by atoms with Gasteiger partial charge in [0, 0.05) is 11.8 Å². The molecule has 0 aliphatic heterocycles. The van der Waals surface area contributed by atoms with Crippen molar-refractivity contribution >= 4 is 23.4 Å². The van der Waals surface area contributed by atoms with Crippen LogP contribution in [0.4, 0.5) is 5.69 Å². The average molecular weight is 311 g/mol. The lowest BCUT2D eigenvalue weighted by Crippen LogP contribution is -2.38. The van der Waals surface area contributed by atoms with E-state index < -0.39 is 16.5 Å². The summed E-state index contributed by atoms with van der Waals surface area (Å²) in [4.78, 5) is 21.9. The average Bonchev–Trinajstić information content (AvgIpc) is 2.46. The number of carboxylic acid groups (broad SMARTS) is 1. The number of nitro groups is 1.